The van der Waals surface area contributed by atoms with Crippen LogP contribution in [0, 0.1) is 11.3 Å². The second-order valence-corrected chi connectivity index (χ2v) is 2.78. The number of rotatable bonds is 1. The minimum atomic E-state index is 0.437. The molecule has 0 saturated heterocycles. The molecule has 1 aromatic heterocycles. The first-order valence-corrected chi connectivity index (χ1v) is 4.20. The molecule has 0 aliphatic carbocycles. The molecule has 1 aromatic rings. The number of aromatic nitrogens is 1. The molecule has 0 amide bonds. The molecule has 0 saturated carbocycles. The van der Waals surface area contributed by atoms with Crippen molar-refractivity contribution in [2.75, 3.05) is 12.0 Å². The van der Waals surface area contributed by atoms with Crippen molar-refractivity contribution in [1.29, 1.82) is 5.26 Å². The summed E-state index contributed by atoms with van der Waals surface area (Å²) in [7, 11) is 0. The molecule has 11 heavy (non-hydrogen) atoms. The van der Waals surface area contributed by atoms with E-state index in [1.807, 2.05) is 12.3 Å². The number of hydrogen-bond acceptors (Lipinski definition) is 4. The average molecular weight is 165 g/mol. The van der Waals surface area contributed by atoms with E-state index in [1.165, 1.54) is 18.0 Å². The van der Waals surface area contributed by atoms with Crippen LogP contribution in [0.15, 0.2) is 17.2 Å². The van der Waals surface area contributed by atoms with Gasteiger partial charge in [-0.1, -0.05) is 0 Å². The SMILES string of the molecule is CSc1cc(N)cnc1C#N. The van der Waals surface area contributed by atoms with Crippen molar-refractivity contribution in [3.8, 4) is 6.07 Å². The third-order valence-corrected chi connectivity index (χ3v) is 1.95. The Hall–Kier alpha value is -1.21. The standard InChI is InChI=1S/C7H7N3S/c1-11-7-2-5(9)4-10-6(7)3-8/h2,4H,9H2,1H3. The second-order valence-electron chi connectivity index (χ2n) is 1.93. The minimum Gasteiger partial charge on any atom is -0.397 e. The van der Waals surface area contributed by atoms with E-state index in [-0.39, 0.29) is 0 Å². The molecule has 4 heteroatoms. The zero-order valence-corrected chi connectivity index (χ0v) is 6.85. The van der Waals surface area contributed by atoms with Crippen molar-refractivity contribution >= 4 is 17.4 Å². The van der Waals surface area contributed by atoms with Crippen LogP contribution in [0.2, 0.25) is 0 Å². The fourth-order valence-corrected chi connectivity index (χ4v) is 1.24. The first-order chi connectivity index (χ1) is 5.27. The second kappa shape index (κ2) is 3.26. The smallest absolute Gasteiger partial charge is 0.154 e. The lowest BCUT2D eigenvalue weighted by Gasteiger charge is -1.98. The van der Waals surface area contributed by atoms with E-state index in [0.717, 1.165) is 4.90 Å². The van der Waals surface area contributed by atoms with E-state index in [9.17, 15) is 0 Å². The number of nitrogen functional groups attached to an aromatic ring is 1. The number of nitrogens with zero attached hydrogens (tertiary/aromatic N) is 2. The molecule has 0 spiro atoms. The molecular formula is C7H7N3S. The summed E-state index contributed by atoms with van der Waals surface area (Å²) >= 11 is 1.47. The number of thioether (sulfide) groups is 1. The minimum absolute atomic E-state index is 0.437. The Kier molecular flexibility index (Phi) is 2.34. The van der Waals surface area contributed by atoms with Gasteiger partial charge in [0, 0.05) is 4.90 Å². The summed E-state index contributed by atoms with van der Waals surface area (Å²) in [5, 5.41) is 8.57. The first-order valence-electron chi connectivity index (χ1n) is 2.97. The predicted octanol–water partition coefficient (Wildman–Crippen LogP) is 1.26. The Morgan fingerprint density at radius 3 is 3.00 bits per heavy atom. The Balaban J connectivity index is 3.19. The molecule has 0 aliphatic rings. The quantitative estimate of drug-likeness (QED) is 0.636. The summed E-state index contributed by atoms with van der Waals surface area (Å²) in [5.74, 6) is 0. The van der Waals surface area contributed by atoms with Gasteiger partial charge in [0.2, 0.25) is 0 Å². The van der Waals surface area contributed by atoms with Gasteiger partial charge in [-0.15, -0.1) is 11.8 Å². The fraction of sp³-hybridized carbons (Fsp3) is 0.143. The lowest BCUT2D eigenvalue weighted by molar-refractivity contribution is 1.18. The summed E-state index contributed by atoms with van der Waals surface area (Å²) in [6.45, 7) is 0. The lowest BCUT2D eigenvalue weighted by Crippen LogP contribution is -1.91. The molecule has 0 bridgehead atoms. The average Bonchev–Trinajstić information content (AvgIpc) is 2.04. The molecule has 56 valence electrons. The number of hydrogen-bond donors (Lipinski definition) is 1. The van der Waals surface area contributed by atoms with Crippen molar-refractivity contribution in [1.82, 2.24) is 4.98 Å². The normalized spacial score (nSPS) is 9.09. The Morgan fingerprint density at radius 1 is 1.73 bits per heavy atom. The molecular weight excluding hydrogens is 158 g/mol. The Labute approximate surface area is 69.2 Å². The van der Waals surface area contributed by atoms with E-state index < -0.39 is 0 Å². The molecule has 3 nitrogen and oxygen atoms in total. The maximum absolute atomic E-state index is 8.57. The molecule has 0 atom stereocenters. The summed E-state index contributed by atoms with van der Waals surface area (Å²) < 4.78 is 0. The molecule has 0 aliphatic heterocycles. The van der Waals surface area contributed by atoms with Crippen LogP contribution >= 0.6 is 11.8 Å². The summed E-state index contributed by atoms with van der Waals surface area (Å²) in [5.41, 5.74) is 6.50. The van der Waals surface area contributed by atoms with Crippen LogP contribution in [0.25, 0.3) is 0 Å². The van der Waals surface area contributed by atoms with Gasteiger partial charge in [-0.3, -0.25) is 0 Å². The summed E-state index contributed by atoms with van der Waals surface area (Å²) in [4.78, 5) is 4.69. The molecule has 2 N–H and O–H groups in total. The molecule has 0 unspecified atom stereocenters. The van der Waals surface area contributed by atoms with Gasteiger partial charge in [0.05, 0.1) is 11.9 Å². The van der Waals surface area contributed by atoms with Crippen molar-refractivity contribution in [3.63, 3.8) is 0 Å². The highest BCUT2D eigenvalue weighted by atomic mass is 32.2. The van der Waals surface area contributed by atoms with E-state index in [2.05, 4.69) is 4.98 Å². The van der Waals surface area contributed by atoms with Crippen LogP contribution < -0.4 is 5.73 Å². The van der Waals surface area contributed by atoms with E-state index in [4.69, 9.17) is 11.0 Å². The van der Waals surface area contributed by atoms with Crippen molar-refractivity contribution in [2.45, 2.75) is 4.90 Å². The molecule has 0 radical (unpaired) electrons. The van der Waals surface area contributed by atoms with E-state index >= 15 is 0 Å². The van der Waals surface area contributed by atoms with Gasteiger partial charge in [-0.25, -0.2) is 4.98 Å². The monoisotopic (exact) mass is 165 g/mol. The van der Waals surface area contributed by atoms with Crippen LogP contribution in [0.4, 0.5) is 5.69 Å². The zero-order valence-electron chi connectivity index (χ0n) is 6.03. The predicted molar refractivity (Wildman–Crippen MR) is 45.1 cm³/mol. The van der Waals surface area contributed by atoms with Gasteiger partial charge in [-0.2, -0.15) is 5.26 Å². The van der Waals surface area contributed by atoms with Crippen LogP contribution in [0.1, 0.15) is 5.69 Å². The third kappa shape index (κ3) is 1.63. The Bertz CT molecular complexity index is 303. The van der Waals surface area contributed by atoms with Crippen LogP contribution in [-0.2, 0) is 0 Å². The first kappa shape index (κ1) is 7.89. The number of nitrogens with two attached hydrogens (primary N) is 1. The zero-order chi connectivity index (χ0) is 8.27. The highest BCUT2D eigenvalue weighted by molar-refractivity contribution is 7.98. The third-order valence-electron chi connectivity index (χ3n) is 1.20. The van der Waals surface area contributed by atoms with Crippen LogP contribution in [0.5, 0.6) is 0 Å². The molecule has 1 rings (SSSR count). The number of anilines is 1. The molecule has 1 heterocycles. The van der Waals surface area contributed by atoms with Gasteiger partial charge < -0.3 is 5.73 Å². The van der Waals surface area contributed by atoms with E-state index in [0.29, 0.717) is 11.4 Å². The van der Waals surface area contributed by atoms with Crippen LogP contribution in [0.3, 0.4) is 0 Å². The molecule has 0 aromatic carbocycles. The van der Waals surface area contributed by atoms with Gasteiger partial charge in [0.1, 0.15) is 6.07 Å². The van der Waals surface area contributed by atoms with Gasteiger partial charge in [0.15, 0.2) is 5.69 Å². The van der Waals surface area contributed by atoms with E-state index in [1.54, 1.807) is 6.07 Å². The number of nitriles is 1. The van der Waals surface area contributed by atoms with Crippen molar-refractivity contribution in [3.05, 3.63) is 18.0 Å². The van der Waals surface area contributed by atoms with Crippen LogP contribution in [-0.4, -0.2) is 11.2 Å². The van der Waals surface area contributed by atoms with Crippen molar-refractivity contribution < 1.29 is 0 Å². The summed E-state index contributed by atoms with van der Waals surface area (Å²) in [6, 6.07) is 3.73. The maximum Gasteiger partial charge on any atom is 0.154 e. The van der Waals surface area contributed by atoms with Gasteiger partial charge >= 0.3 is 0 Å². The highest BCUT2D eigenvalue weighted by Crippen LogP contribution is 2.19. The summed E-state index contributed by atoms with van der Waals surface area (Å²) in [6.07, 6.45) is 3.37. The molecule has 0 fully saturated rings. The van der Waals surface area contributed by atoms with Crippen molar-refractivity contribution in [2.24, 2.45) is 0 Å². The highest BCUT2D eigenvalue weighted by Gasteiger charge is 2.00. The largest absolute Gasteiger partial charge is 0.397 e. The lowest BCUT2D eigenvalue weighted by atomic mass is 10.3. The van der Waals surface area contributed by atoms with Gasteiger partial charge in [0.25, 0.3) is 0 Å². The number of pyridine rings is 1. The fourth-order valence-electron chi connectivity index (χ4n) is 0.699. The Morgan fingerprint density at radius 2 is 2.45 bits per heavy atom. The topological polar surface area (TPSA) is 62.7 Å². The van der Waals surface area contributed by atoms with Gasteiger partial charge in [-0.05, 0) is 12.3 Å². The maximum atomic E-state index is 8.57.